The summed E-state index contributed by atoms with van der Waals surface area (Å²) in [5, 5.41) is 0. The summed E-state index contributed by atoms with van der Waals surface area (Å²) < 4.78 is 2.40. The molecule has 0 spiro atoms. The normalized spacial score (nSPS) is 22.6. The van der Waals surface area contributed by atoms with Gasteiger partial charge in [-0.15, -0.1) is 0 Å². The van der Waals surface area contributed by atoms with E-state index in [2.05, 4.69) is 27.7 Å². The van der Waals surface area contributed by atoms with Crippen LogP contribution < -0.4 is 0 Å². The monoisotopic (exact) mass is 304 g/mol. The Hall–Kier alpha value is 0.710. The van der Waals surface area contributed by atoms with Crippen molar-refractivity contribution in [3.05, 3.63) is 28.8 Å². The van der Waals surface area contributed by atoms with Crippen molar-refractivity contribution in [1.82, 2.24) is 0 Å². The minimum Gasteiger partial charge on any atom is -0.0902 e. The third kappa shape index (κ3) is 2.58. The fraction of sp³-hybridized carbons (Fsp3) is 0.364. The summed E-state index contributed by atoms with van der Waals surface area (Å²) in [5.74, 6) is 0. The summed E-state index contributed by atoms with van der Waals surface area (Å²) in [6.07, 6.45) is 0. The molecule has 0 aliphatic carbocycles. The van der Waals surface area contributed by atoms with Gasteiger partial charge < -0.3 is 0 Å². The van der Waals surface area contributed by atoms with Crippen molar-refractivity contribution in [3.8, 4) is 0 Å². The van der Waals surface area contributed by atoms with E-state index in [0.29, 0.717) is 0 Å². The maximum Gasteiger partial charge on any atom is 0.0907 e. The van der Waals surface area contributed by atoms with Crippen LogP contribution in [0, 0.1) is 0 Å². The molecule has 0 N–H and O–H groups in total. The van der Waals surface area contributed by atoms with Crippen LogP contribution in [0.4, 0.5) is 0 Å². The molecule has 0 amide bonds. The van der Waals surface area contributed by atoms with Crippen LogP contribution in [0.15, 0.2) is 28.8 Å². The molecule has 0 nitrogen and oxygen atoms in total. The Morgan fingerprint density at radius 3 is 1.69 bits per heavy atom. The minimum atomic E-state index is 1.03. The van der Waals surface area contributed by atoms with E-state index >= 15 is 0 Å². The molecule has 0 saturated heterocycles. The molecular weight excluding hydrogens is 292 g/mol. The Morgan fingerprint density at radius 2 is 1.12 bits per heavy atom. The lowest BCUT2D eigenvalue weighted by Gasteiger charge is -2.18. The van der Waals surface area contributed by atoms with Crippen LogP contribution in [-0.2, 0) is 0 Å². The molecule has 0 radical (unpaired) electrons. The van der Waals surface area contributed by atoms with Crippen LogP contribution in [0.25, 0.3) is 0 Å². The summed E-state index contributed by atoms with van der Waals surface area (Å²) >= 11 is 12.8. The third-order valence-corrected chi connectivity index (χ3v) is 8.31. The van der Waals surface area contributed by atoms with E-state index < -0.39 is 0 Å². The Bertz CT molecular complexity index is 437. The molecule has 0 aromatic heterocycles. The maximum absolute atomic E-state index is 5.48. The van der Waals surface area contributed by atoms with E-state index in [4.69, 9.17) is 12.2 Å². The van der Waals surface area contributed by atoms with E-state index in [9.17, 15) is 0 Å². The van der Waals surface area contributed by atoms with Gasteiger partial charge in [0, 0.05) is 0 Å². The third-order valence-electron chi connectivity index (χ3n) is 2.35. The Labute approximate surface area is 119 Å². The first-order chi connectivity index (χ1) is 7.49. The zero-order chi connectivity index (χ0) is 11.9. The fourth-order valence-corrected chi connectivity index (χ4v) is 6.68. The highest BCUT2D eigenvalue weighted by atomic mass is 32.2. The molecule has 2 rings (SSSR count). The van der Waals surface area contributed by atoms with Gasteiger partial charge in [0.1, 0.15) is 0 Å². The highest BCUT2D eigenvalue weighted by Gasteiger charge is 2.25. The second-order valence-electron chi connectivity index (χ2n) is 3.54. The van der Waals surface area contributed by atoms with E-state index in [0.717, 1.165) is 4.20 Å². The van der Waals surface area contributed by atoms with Gasteiger partial charge in [0.25, 0.3) is 0 Å². The first-order valence-corrected chi connectivity index (χ1v) is 8.51. The molecule has 0 saturated carbocycles. The summed E-state index contributed by atoms with van der Waals surface area (Å²) in [6, 6.07) is 0. The second kappa shape index (κ2) is 5.14. The van der Waals surface area contributed by atoms with Crippen LogP contribution in [0.3, 0.4) is 0 Å². The average Bonchev–Trinajstić information content (AvgIpc) is 2.53. The zero-order valence-corrected chi connectivity index (χ0v) is 13.6. The smallest absolute Gasteiger partial charge is 0.0902 e. The van der Waals surface area contributed by atoms with Gasteiger partial charge in [-0.1, -0.05) is 59.3 Å². The molecular formula is C11H12S5. The highest BCUT2D eigenvalue weighted by Crippen LogP contribution is 2.55. The van der Waals surface area contributed by atoms with Crippen molar-refractivity contribution in [2.24, 2.45) is 0 Å². The molecule has 2 heterocycles. The summed E-state index contributed by atoms with van der Waals surface area (Å²) in [7, 11) is 0. The molecule has 0 aromatic rings. The fourth-order valence-electron chi connectivity index (χ4n) is 1.18. The van der Waals surface area contributed by atoms with E-state index in [1.54, 1.807) is 11.8 Å². The van der Waals surface area contributed by atoms with Gasteiger partial charge in [-0.05, 0) is 47.3 Å². The number of hydrogen-bond donors (Lipinski definition) is 0. The Balaban J connectivity index is 2.31. The molecule has 16 heavy (non-hydrogen) atoms. The summed E-state index contributed by atoms with van der Waals surface area (Å²) in [6.45, 7) is 8.67. The van der Waals surface area contributed by atoms with E-state index in [1.807, 2.05) is 35.3 Å². The SMILES string of the molecule is CC1=C(C)SC(=C2SC(C)=C(C)S2)C(=S)S1. The molecule has 86 valence electrons. The topological polar surface area (TPSA) is 0 Å². The van der Waals surface area contributed by atoms with Gasteiger partial charge in [0.2, 0.25) is 0 Å². The number of thiocarbonyl (C=S) groups is 1. The van der Waals surface area contributed by atoms with Gasteiger partial charge in [0.15, 0.2) is 0 Å². The lowest BCUT2D eigenvalue weighted by atomic mass is 10.6. The molecule has 5 heteroatoms. The van der Waals surface area contributed by atoms with E-state index in [-0.39, 0.29) is 0 Å². The summed E-state index contributed by atoms with van der Waals surface area (Å²) in [4.78, 5) is 6.82. The Morgan fingerprint density at radius 1 is 0.688 bits per heavy atom. The largest absolute Gasteiger partial charge is 0.0907 e. The number of rotatable bonds is 0. The lowest BCUT2D eigenvalue weighted by molar-refractivity contribution is 1.56. The average molecular weight is 305 g/mol. The highest BCUT2D eigenvalue weighted by molar-refractivity contribution is 8.33. The van der Waals surface area contributed by atoms with Gasteiger partial charge in [-0.3, -0.25) is 0 Å². The molecule has 2 aliphatic rings. The van der Waals surface area contributed by atoms with Crippen molar-refractivity contribution in [2.45, 2.75) is 27.7 Å². The lowest BCUT2D eigenvalue weighted by Crippen LogP contribution is -1.99. The second-order valence-corrected chi connectivity index (χ2v) is 9.36. The van der Waals surface area contributed by atoms with Gasteiger partial charge >= 0.3 is 0 Å². The van der Waals surface area contributed by atoms with Crippen molar-refractivity contribution in [3.63, 3.8) is 0 Å². The number of allylic oxidation sites excluding steroid dienone is 4. The molecule has 0 aromatic carbocycles. The van der Waals surface area contributed by atoms with Gasteiger partial charge in [-0.2, -0.15) is 0 Å². The van der Waals surface area contributed by atoms with Crippen molar-refractivity contribution >= 4 is 63.5 Å². The molecule has 0 bridgehead atoms. The molecule has 2 aliphatic heterocycles. The summed E-state index contributed by atoms with van der Waals surface area (Å²) in [5.41, 5.74) is 0. The van der Waals surface area contributed by atoms with Crippen LogP contribution in [-0.4, -0.2) is 4.20 Å². The first-order valence-electron chi connectivity index (χ1n) is 4.84. The minimum absolute atomic E-state index is 1.03. The van der Waals surface area contributed by atoms with E-state index in [1.165, 1.54) is 28.8 Å². The standard InChI is InChI=1S/C11H12S5/c1-5-6(2)14-10(12)9(13-5)11-15-7(3)8(4)16-11/h1-4H3. The zero-order valence-electron chi connectivity index (χ0n) is 9.54. The Kier molecular flexibility index (Phi) is 4.23. The molecule has 0 atom stereocenters. The molecule has 0 unspecified atom stereocenters. The van der Waals surface area contributed by atoms with Crippen molar-refractivity contribution < 1.29 is 0 Å². The first kappa shape index (κ1) is 13.1. The van der Waals surface area contributed by atoms with Crippen LogP contribution in [0.2, 0.25) is 0 Å². The number of thioether (sulfide) groups is 4. The van der Waals surface area contributed by atoms with Crippen LogP contribution >= 0.6 is 59.3 Å². The quantitative estimate of drug-likeness (QED) is 0.399. The van der Waals surface area contributed by atoms with Crippen LogP contribution in [0.5, 0.6) is 0 Å². The predicted molar refractivity (Wildman–Crippen MR) is 86.7 cm³/mol. The van der Waals surface area contributed by atoms with Crippen molar-refractivity contribution in [2.75, 3.05) is 0 Å². The molecule has 0 fully saturated rings. The van der Waals surface area contributed by atoms with Gasteiger partial charge in [-0.25, -0.2) is 0 Å². The maximum atomic E-state index is 5.48. The van der Waals surface area contributed by atoms with Crippen molar-refractivity contribution in [1.29, 1.82) is 0 Å². The van der Waals surface area contributed by atoms with Gasteiger partial charge in [0.05, 0.1) is 13.3 Å². The van der Waals surface area contributed by atoms with Crippen LogP contribution in [0.1, 0.15) is 27.7 Å². The predicted octanol–water partition coefficient (Wildman–Crippen LogP) is 5.95. The number of hydrogen-bond acceptors (Lipinski definition) is 5.